The Kier molecular flexibility index (Phi) is 13.7. The highest BCUT2D eigenvalue weighted by atomic mass is 28.5. The predicted molar refractivity (Wildman–Crippen MR) is 110 cm³/mol. The van der Waals surface area contributed by atoms with Gasteiger partial charge in [0.15, 0.2) is 0 Å². The fraction of sp³-hybridized carbons (Fsp3) is 1.00. The molecule has 0 fully saturated rings. The lowest BCUT2D eigenvalue weighted by atomic mass is 10.1. The van der Waals surface area contributed by atoms with Gasteiger partial charge in [0.2, 0.25) is 0 Å². The van der Waals surface area contributed by atoms with Crippen LogP contribution in [0.3, 0.4) is 0 Å². The number of hydrogen-bond donors (Lipinski definition) is 0. The van der Waals surface area contributed by atoms with Crippen LogP contribution in [-0.2, 0) is 13.0 Å². The second kappa shape index (κ2) is 13.5. The Morgan fingerprint density at radius 1 is 0.708 bits per heavy atom. The van der Waals surface area contributed by atoms with Crippen LogP contribution in [0.2, 0.25) is 26.2 Å². The molecule has 0 bridgehead atoms. The molecule has 0 radical (unpaired) electrons. The molecule has 146 valence electrons. The first-order valence-corrected chi connectivity index (χ1v) is 15.9. The van der Waals surface area contributed by atoms with Crippen LogP contribution >= 0.6 is 0 Å². The van der Waals surface area contributed by atoms with Crippen LogP contribution in [0.15, 0.2) is 0 Å². The topological polar surface area (TPSA) is 27.7 Å². The predicted octanol–water partition coefficient (Wildman–Crippen LogP) is 6.77. The molecule has 0 aromatic carbocycles. The molecule has 0 aromatic rings. The van der Waals surface area contributed by atoms with Crippen LogP contribution in [0, 0.1) is 0 Å². The molecule has 1 unspecified atom stereocenters. The van der Waals surface area contributed by atoms with E-state index in [1.54, 1.807) is 0 Å². The van der Waals surface area contributed by atoms with Gasteiger partial charge in [0.1, 0.15) is 0 Å². The van der Waals surface area contributed by atoms with E-state index in [4.69, 9.17) is 13.0 Å². The first-order chi connectivity index (χ1) is 11.2. The van der Waals surface area contributed by atoms with Gasteiger partial charge in [0, 0.05) is 12.7 Å². The molecule has 0 aliphatic heterocycles. The van der Waals surface area contributed by atoms with E-state index >= 15 is 0 Å². The molecule has 0 spiro atoms. The van der Waals surface area contributed by atoms with Gasteiger partial charge < -0.3 is 13.0 Å². The largest absolute Gasteiger partial charge is 0.415 e. The summed E-state index contributed by atoms with van der Waals surface area (Å²) in [5.41, 5.74) is 0. The van der Waals surface area contributed by atoms with Crippen molar-refractivity contribution in [2.75, 3.05) is 6.61 Å². The van der Waals surface area contributed by atoms with Crippen molar-refractivity contribution in [3.05, 3.63) is 0 Å². The average Bonchev–Trinajstić information content (AvgIpc) is 2.46. The number of rotatable bonds is 16. The minimum Gasteiger partial charge on any atom is -0.415 e. The summed E-state index contributed by atoms with van der Waals surface area (Å²) >= 11 is 0. The lowest BCUT2D eigenvalue weighted by Crippen LogP contribution is -2.49. The van der Waals surface area contributed by atoms with E-state index in [1.807, 2.05) is 0 Å². The maximum Gasteiger partial charge on any atom is 0.323 e. The van der Waals surface area contributed by atoms with E-state index in [1.165, 1.54) is 51.4 Å². The van der Waals surface area contributed by atoms with Gasteiger partial charge in [-0.25, -0.2) is 0 Å². The summed E-state index contributed by atoms with van der Waals surface area (Å²) in [5.74, 6) is 0. The standard InChI is InChI=1S/C19H44O3Si2/c1-8-10-12-13-14-15-16-18-20-23(4,5)22-24(6,7)21-19(3)17-11-9-2/h19H,8-18H2,1-7H3. The van der Waals surface area contributed by atoms with Gasteiger partial charge in [-0.2, -0.15) is 0 Å². The average molecular weight is 377 g/mol. The molecule has 0 saturated carbocycles. The van der Waals surface area contributed by atoms with Crippen LogP contribution in [-0.4, -0.2) is 29.8 Å². The van der Waals surface area contributed by atoms with Crippen molar-refractivity contribution in [3.8, 4) is 0 Å². The molecule has 0 rings (SSSR count). The third kappa shape index (κ3) is 14.6. The Labute approximate surface area is 154 Å². The lowest BCUT2D eigenvalue weighted by molar-refractivity contribution is 0.142. The molecule has 0 N–H and O–H groups in total. The van der Waals surface area contributed by atoms with Crippen molar-refractivity contribution in [2.45, 2.75) is 117 Å². The number of unbranched alkanes of at least 4 members (excludes halogenated alkanes) is 7. The van der Waals surface area contributed by atoms with Gasteiger partial charge in [0.05, 0.1) is 0 Å². The quantitative estimate of drug-likeness (QED) is 0.220. The van der Waals surface area contributed by atoms with Gasteiger partial charge in [-0.15, -0.1) is 0 Å². The van der Waals surface area contributed by atoms with E-state index in [-0.39, 0.29) is 0 Å². The summed E-state index contributed by atoms with van der Waals surface area (Å²) in [6.07, 6.45) is 13.1. The maximum atomic E-state index is 6.37. The van der Waals surface area contributed by atoms with Crippen molar-refractivity contribution in [2.24, 2.45) is 0 Å². The molecular formula is C19H44O3Si2. The first kappa shape index (κ1) is 24.3. The molecule has 0 aliphatic rings. The Morgan fingerprint density at radius 2 is 1.25 bits per heavy atom. The summed E-state index contributed by atoms with van der Waals surface area (Å²) in [6.45, 7) is 16.1. The Balaban J connectivity index is 3.92. The van der Waals surface area contributed by atoms with Crippen LogP contribution in [0.25, 0.3) is 0 Å². The second-order valence-electron chi connectivity index (χ2n) is 7.94. The lowest BCUT2D eigenvalue weighted by Gasteiger charge is -2.34. The van der Waals surface area contributed by atoms with Crippen molar-refractivity contribution < 1.29 is 13.0 Å². The fourth-order valence-electron chi connectivity index (χ4n) is 3.06. The highest BCUT2D eigenvalue weighted by Crippen LogP contribution is 2.20. The fourth-order valence-corrected chi connectivity index (χ4v) is 9.94. The van der Waals surface area contributed by atoms with E-state index in [9.17, 15) is 0 Å². The van der Waals surface area contributed by atoms with E-state index in [0.717, 1.165) is 19.4 Å². The van der Waals surface area contributed by atoms with Gasteiger partial charge >= 0.3 is 17.1 Å². The Morgan fingerprint density at radius 3 is 1.83 bits per heavy atom. The van der Waals surface area contributed by atoms with Crippen LogP contribution < -0.4 is 0 Å². The number of hydrogen-bond acceptors (Lipinski definition) is 3. The minimum atomic E-state index is -2.11. The van der Waals surface area contributed by atoms with E-state index in [2.05, 4.69) is 47.0 Å². The summed E-state index contributed by atoms with van der Waals surface area (Å²) < 4.78 is 18.7. The highest BCUT2D eigenvalue weighted by Gasteiger charge is 2.37. The maximum absolute atomic E-state index is 6.37. The minimum absolute atomic E-state index is 0.291. The van der Waals surface area contributed by atoms with Gasteiger partial charge in [-0.3, -0.25) is 0 Å². The summed E-state index contributed by atoms with van der Waals surface area (Å²) in [5, 5.41) is 0. The second-order valence-corrected chi connectivity index (χ2v) is 14.9. The molecule has 0 saturated heterocycles. The molecule has 0 heterocycles. The molecule has 5 heteroatoms. The molecule has 1 atom stereocenters. The van der Waals surface area contributed by atoms with E-state index < -0.39 is 17.1 Å². The Bertz CT molecular complexity index is 296. The molecule has 0 aromatic heterocycles. The van der Waals surface area contributed by atoms with Crippen molar-refractivity contribution in [3.63, 3.8) is 0 Å². The van der Waals surface area contributed by atoms with Crippen LogP contribution in [0.5, 0.6) is 0 Å². The third-order valence-electron chi connectivity index (χ3n) is 4.14. The summed E-state index contributed by atoms with van der Waals surface area (Å²) in [6, 6.07) is 0. The monoisotopic (exact) mass is 376 g/mol. The van der Waals surface area contributed by atoms with E-state index in [0.29, 0.717) is 6.10 Å². The molecule has 24 heavy (non-hydrogen) atoms. The van der Waals surface area contributed by atoms with Crippen molar-refractivity contribution in [1.29, 1.82) is 0 Å². The van der Waals surface area contributed by atoms with Crippen molar-refractivity contribution in [1.82, 2.24) is 0 Å². The summed E-state index contributed by atoms with van der Waals surface area (Å²) in [7, 11) is -4.19. The smallest absolute Gasteiger partial charge is 0.323 e. The zero-order valence-corrected chi connectivity index (χ0v) is 19.6. The zero-order chi connectivity index (χ0) is 18.5. The highest BCUT2D eigenvalue weighted by molar-refractivity contribution is 6.78. The molecule has 3 nitrogen and oxygen atoms in total. The normalized spacial score (nSPS) is 14.1. The van der Waals surface area contributed by atoms with Crippen LogP contribution in [0.1, 0.15) is 85.0 Å². The van der Waals surface area contributed by atoms with Gasteiger partial charge in [0.25, 0.3) is 0 Å². The SMILES string of the molecule is CCCCCCCCCO[Si](C)(C)O[Si](C)(C)OC(C)CCCC. The molecule has 0 amide bonds. The first-order valence-electron chi connectivity index (χ1n) is 10.2. The Hall–Kier alpha value is 0.314. The van der Waals surface area contributed by atoms with Crippen molar-refractivity contribution >= 4 is 17.1 Å². The van der Waals surface area contributed by atoms with Crippen LogP contribution in [0.4, 0.5) is 0 Å². The molecular weight excluding hydrogens is 332 g/mol. The van der Waals surface area contributed by atoms with Gasteiger partial charge in [-0.05, 0) is 46.0 Å². The zero-order valence-electron chi connectivity index (χ0n) is 17.6. The summed E-state index contributed by atoms with van der Waals surface area (Å²) in [4.78, 5) is 0. The van der Waals surface area contributed by atoms with Gasteiger partial charge in [-0.1, -0.05) is 65.2 Å². The molecule has 0 aliphatic carbocycles. The third-order valence-corrected chi connectivity index (χ3v) is 9.94.